The van der Waals surface area contributed by atoms with Crippen LogP contribution in [0.3, 0.4) is 0 Å². The van der Waals surface area contributed by atoms with E-state index in [-0.39, 0.29) is 0 Å². The van der Waals surface area contributed by atoms with Crippen molar-refractivity contribution in [3.05, 3.63) is 17.5 Å². The molecule has 3 nitrogen and oxygen atoms in total. The van der Waals surface area contributed by atoms with Crippen molar-refractivity contribution in [3.63, 3.8) is 0 Å². The molecule has 0 spiro atoms. The first-order valence-corrected chi connectivity index (χ1v) is 6.94. The summed E-state index contributed by atoms with van der Waals surface area (Å²) in [6.45, 7) is 5.49. The van der Waals surface area contributed by atoms with Gasteiger partial charge in [-0.15, -0.1) is 0 Å². The first-order chi connectivity index (χ1) is 8.22. The fourth-order valence-electron chi connectivity index (χ4n) is 2.35. The molecule has 0 saturated heterocycles. The highest BCUT2D eigenvalue weighted by atomic mass is 15.3. The normalized spacial score (nSPS) is 17.4. The molecule has 1 N–H and O–H groups in total. The van der Waals surface area contributed by atoms with Gasteiger partial charge in [0.25, 0.3) is 0 Å². The Kier molecular flexibility index (Phi) is 4.21. The second-order valence-corrected chi connectivity index (χ2v) is 5.34. The maximum atomic E-state index is 4.36. The van der Waals surface area contributed by atoms with Gasteiger partial charge >= 0.3 is 0 Å². The Labute approximate surface area is 105 Å². The Balaban J connectivity index is 1.99. The molecule has 0 amide bonds. The molecule has 1 saturated carbocycles. The number of aromatic nitrogens is 2. The highest BCUT2D eigenvalue weighted by Gasteiger charge is 2.24. The molecule has 1 aliphatic carbocycles. The second kappa shape index (κ2) is 5.67. The molecule has 17 heavy (non-hydrogen) atoms. The van der Waals surface area contributed by atoms with Crippen molar-refractivity contribution in [2.45, 2.75) is 52.0 Å². The van der Waals surface area contributed by atoms with Gasteiger partial charge in [0.05, 0.1) is 6.20 Å². The van der Waals surface area contributed by atoms with Crippen LogP contribution in [-0.2, 0) is 7.05 Å². The first kappa shape index (κ1) is 12.6. The van der Waals surface area contributed by atoms with Crippen molar-refractivity contribution >= 4 is 0 Å². The Morgan fingerprint density at radius 3 is 2.82 bits per heavy atom. The smallest absolute Gasteiger partial charge is 0.0540 e. The predicted molar refractivity (Wildman–Crippen MR) is 70.9 cm³/mol. The lowest BCUT2D eigenvalue weighted by Crippen LogP contribution is -2.22. The van der Waals surface area contributed by atoms with Gasteiger partial charge in [0.2, 0.25) is 0 Å². The number of nitrogens with zero attached hydrogens (tertiary/aromatic N) is 2. The van der Waals surface area contributed by atoms with E-state index in [1.165, 1.54) is 43.4 Å². The van der Waals surface area contributed by atoms with E-state index in [0.717, 1.165) is 12.5 Å². The maximum absolute atomic E-state index is 4.36. The van der Waals surface area contributed by atoms with E-state index in [0.29, 0.717) is 6.04 Å². The Hall–Kier alpha value is -0.830. The lowest BCUT2D eigenvalue weighted by Gasteiger charge is -2.18. The number of aryl methyl sites for hydroxylation is 1. The van der Waals surface area contributed by atoms with Gasteiger partial charge in [0, 0.05) is 24.3 Å². The fourth-order valence-corrected chi connectivity index (χ4v) is 2.35. The summed E-state index contributed by atoms with van der Waals surface area (Å²) in [6, 6.07) is 0.504. The van der Waals surface area contributed by atoms with Crippen LogP contribution < -0.4 is 5.32 Å². The Bertz CT molecular complexity index is 352. The van der Waals surface area contributed by atoms with Crippen LogP contribution in [0.15, 0.2) is 6.20 Å². The van der Waals surface area contributed by atoms with E-state index in [4.69, 9.17) is 0 Å². The molecule has 1 unspecified atom stereocenters. The van der Waals surface area contributed by atoms with E-state index in [1.54, 1.807) is 0 Å². The molecule has 96 valence electrons. The van der Waals surface area contributed by atoms with E-state index in [2.05, 4.69) is 24.3 Å². The monoisotopic (exact) mass is 235 g/mol. The molecule has 2 rings (SSSR count). The highest BCUT2D eigenvalue weighted by Crippen LogP contribution is 2.36. The maximum Gasteiger partial charge on any atom is 0.0540 e. The van der Waals surface area contributed by atoms with Gasteiger partial charge in [-0.1, -0.05) is 19.8 Å². The van der Waals surface area contributed by atoms with Crippen LogP contribution in [0.2, 0.25) is 0 Å². The average Bonchev–Trinajstić information content (AvgIpc) is 3.09. The fraction of sp³-hybridized carbons (Fsp3) is 0.786. The summed E-state index contributed by atoms with van der Waals surface area (Å²) in [5, 5.41) is 8.03. The number of nitrogens with one attached hydrogen (secondary N) is 1. The summed E-state index contributed by atoms with van der Waals surface area (Å²) in [6.07, 6.45) is 8.76. The largest absolute Gasteiger partial charge is 0.310 e. The molecule has 0 bridgehead atoms. The van der Waals surface area contributed by atoms with Crippen LogP contribution in [0, 0.1) is 12.8 Å². The third-order valence-corrected chi connectivity index (χ3v) is 3.85. The van der Waals surface area contributed by atoms with E-state index < -0.39 is 0 Å². The number of hydrogen-bond acceptors (Lipinski definition) is 2. The summed E-state index contributed by atoms with van der Waals surface area (Å²) < 4.78 is 1.98. The van der Waals surface area contributed by atoms with Crippen LogP contribution in [0.25, 0.3) is 0 Å². The van der Waals surface area contributed by atoms with Crippen molar-refractivity contribution in [3.8, 4) is 0 Å². The minimum absolute atomic E-state index is 0.504. The summed E-state index contributed by atoms with van der Waals surface area (Å²) in [5.41, 5.74) is 2.69. The summed E-state index contributed by atoms with van der Waals surface area (Å²) in [5.74, 6) is 1.01. The molecule has 1 fully saturated rings. The van der Waals surface area contributed by atoms with Gasteiger partial charge in [0.15, 0.2) is 0 Å². The quantitative estimate of drug-likeness (QED) is 0.787. The van der Waals surface area contributed by atoms with Gasteiger partial charge < -0.3 is 5.32 Å². The number of hydrogen-bond donors (Lipinski definition) is 1. The minimum Gasteiger partial charge on any atom is -0.310 e. The molecule has 1 aromatic heterocycles. The van der Waals surface area contributed by atoms with Crippen LogP contribution in [0.5, 0.6) is 0 Å². The first-order valence-electron chi connectivity index (χ1n) is 6.94. The van der Waals surface area contributed by atoms with Crippen LogP contribution in [-0.4, -0.2) is 16.3 Å². The Morgan fingerprint density at radius 1 is 1.53 bits per heavy atom. The standard InChI is InChI=1S/C14H25N3/c1-4-9-15-14(8-7-12-5-6-12)13-10-16-17(3)11(13)2/h10,12,14-15H,4-9H2,1-3H3. The molecule has 1 heterocycles. The SMILES string of the molecule is CCCNC(CCC1CC1)c1cnn(C)c1C. The highest BCUT2D eigenvalue weighted by molar-refractivity contribution is 5.20. The van der Waals surface area contributed by atoms with Crippen molar-refractivity contribution < 1.29 is 0 Å². The third-order valence-electron chi connectivity index (χ3n) is 3.85. The third kappa shape index (κ3) is 3.32. The van der Waals surface area contributed by atoms with E-state index in [1.807, 2.05) is 17.9 Å². The van der Waals surface area contributed by atoms with Crippen LogP contribution >= 0.6 is 0 Å². The molecule has 0 aromatic carbocycles. The average molecular weight is 235 g/mol. The minimum atomic E-state index is 0.504. The molecule has 1 aromatic rings. The van der Waals surface area contributed by atoms with E-state index in [9.17, 15) is 0 Å². The van der Waals surface area contributed by atoms with Crippen molar-refractivity contribution in [1.82, 2.24) is 15.1 Å². The second-order valence-electron chi connectivity index (χ2n) is 5.34. The van der Waals surface area contributed by atoms with Gasteiger partial charge in [0.1, 0.15) is 0 Å². The summed E-state index contributed by atoms with van der Waals surface area (Å²) in [7, 11) is 2.02. The van der Waals surface area contributed by atoms with Gasteiger partial charge in [-0.3, -0.25) is 4.68 Å². The zero-order valence-electron chi connectivity index (χ0n) is 11.4. The molecular formula is C14H25N3. The zero-order chi connectivity index (χ0) is 12.3. The lowest BCUT2D eigenvalue weighted by atomic mass is 10.0. The zero-order valence-corrected chi connectivity index (χ0v) is 11.4. The Morgan fingerprint density at radius 2 is 2.29 bits per heavy atom. The van der Waals surface area contributed by atoms with E-state index >= 15 is 0 Å². The summed E-state index contributed by atoms with van der Waals surface area (Å²) >= 11 is 0. The van der Waals surface area contributed by atoms with Crippen molar-refractivity contribution in [2.24, 2.45) is 13.0 Å². The molecule has 0 aliphatic heterocycles. The molecule has 3 heteroatoms. The molecule has 0 radical (unpaired) electrons. The molecule has 1 aliphatic rings. The van der Waals surface area contributed by atoms with Gasteiger partial charge in [-0.2, -0.15) is 5.10 Å². The van der Waals surface area contributed by atoms with Crippen molar-refractivity contribution in [2.75, 3.05) is 6.54 Å². The lowest BCUT2D eigenvalue weighted by molar-refractivity contribution is 0.468. The molecule has 1 atom stereocenters. The van der Waals surface area contributed by atoms with Gasteiger partial charge in [-0.05, 0) is 38.6 Å². The topological polar surface area (TPSA) is 29.9 Å². The van der Waals surface area contributed by atoms with Gasteiger partial charge in [-0.25, -0.2) is 0 Å². The van der Waals surface area contributed by atoms with Crippen molar-refractivity contribution in [1.29, 1.82) is 0 Å². The summed E-state index contributed by atoms with van der Waals surface area (Å²) in [4.78, 5) is 0. The number of rotatable bonds is 7. The van der Waals surface area contributed by atoms with Crippen LogP contribution in [0.4, 0.5) is 0 Å². The predicted octanol–water partition coefficient (Wildman–Crippen LogP) is 2.96. The molecular weight excluding hydrogens is 210 g/mol. The van der Waals surface area contributed by atoms with Crippen LogP contribution in [0.1, 0.15) is 56.3 Å².